The van der Waals surface area contributed by atoms with Gasteiger partial charge < -0.3 is 9.31 Å². The third kappa shape index (κ3) is 2.42. The normalized spacial score (nSPS) is 21.9. The second-order valence-electron chi connectivity index (χ2n) is 5.29. The van der Waals surface area contributed by atoms with Crippen molar-refractivity contribution in [3.05, 3.63) is 28.5 Å². The van der Waals surface area contributed by atoms with Gasteiger partial charge in [-0.15, -0.1) is 0 Å². The SMILES string of the molecule is CC1(C)OB(c2cc(F)cc(Br)c2)OC1(C)C. The lowest BCUT2D eigenvalue weighted by molar-refractivity contribution is 0.00578. The Bertz CT molecular complexity index is 412. The van der Waals surface area contributed by atoms with Gasteiger partial charge in [-0.25, -0.2) is 4.39 Å². The lowest BCUT2D eigenvalue weighted by atomic mass is 9.79. The molecule has 1 saturated heterocycles. The topological polar surface area (TPSA) is 18.5 Å². The Morgan fingerprint density at radius 1 is 1.06 bits per heavy atom. The lowest BCUT2D eigenvalue weighted by Gasteiger charge is -2.32. The fourth-order valence-corrected chi connectivity index (χ4v) is 2.17. The number of rotatable bonds is 1. The molecule has 1 aromatic carbocycles. The van der Waals surface area contributed by atoms with Crippen molar-refractivity contribution in [2.24, 2.45) is 0 Å². The van der Waals surface area contributed by atoms with E-state index in [-0.39, 0.29) is 5.82 Å². The molecule has 1 aliphatic heterocycles. The van der Waals surface area contributed by atoms with Crippen LogP contribution < -0.4 is 5.46 Å². The van der Waals surface area contributed by atoms with Gasteiger partial charge in [0.1, 0.15) is 5.82 Å². The van der Waals surface area contributed by atoms with Gasteiger partial charge in [-0.3, -0.25) is 0 Å². The highest BCUT2D eigenvalue weighted by molar-refractivity contribution is 9.10. The van der Waals surface area contributed by atoms with Crippen molar-refractivity contribution < 1.29 is 13.7 Å². The maximum atomic E-state index is 13.3. The van der Waals surface area contributed by atoms with Gasteiger partial charge in [0.15, 0.2) is 0 Å². The highest BCUT2D eigenvalue weighted by Gasteiger charge is 2.51. The van der Waals surface area contributed by atoms with Gasteiger partial charge in [0.25, 0.3) is 0 Å². The number of hydrogen-bond acceptors (Lipinski definition) is 2. The highest BCUT2D eigenvalue weighted by Crippen LogP contribution is 2.36. The summed E-state index contributed by atoms with van der Waals surface area (Å²) < 4.78 is 25.7. The summed E-state index contributed by atoms with van der Waals surface area (Å²) in [5, 5.41) is 0. The fourth-order valence-electron chi connectivity index (χ4n) is 1.69. The van der Waals surface area contributed by atoms with E-state index in [0.29, 0.717) is 9.94 Å². The van der Waals surface area contributed by atoms with E-state index in [4.69, 9.17) is 9.31 Å². The molecule has 5 heteroatoms. The molecule has 1 aliphatic rings. The molecule has 1 fully saturated rings. The van der Waals surface area contributed by atoms with Crippen molar-refractivity contribution in [1.82, 2.24) is 0 Å². The van der Waals surface area contributed by atoms with E-state index in [1.165, 1.54) is 12.1 Å². The molecule has 1 aromatic rings. The fraction of sp³-hybridized carbons (Fsp3) is 0.500. The van der Waals surface area contributed by atoms with E-state index in [1.807, 2.05) is 33.8 Å². The molecule has 1 heterocycles. The van der Waals surface area contributed by atoms with Crippen LogP contribution in [-0.4, -0.2) is 18.3 Å². The summed E-state index contributed by atoms with van der Waals surface area (Å²) in [7, 11) is -0.521. The first kappa shape index (κ1) is 13.1. The molecule has 0 aliphatic carbocycles. The average Bonchev–Trinajstić information content (AvgIpc) is 2.34. The molecular weight excluding hydrogens is 286 g/mol. The predicted molar refractivity (Wildman–Crippen MR) is 69.8 cm³/mol. The number of benzene rings is 1. The van der Waals surface area contributed by atoms with Gasteiger partial charge in [0.2, 0.25) is 0 Å². The van der Waals surface area contributed by atoms with Gasteiger partial charge in [0, 0.05) is 4.47 Å². The Morgan fingerprint density at radius 2 is 1.59 bits per heavy atom. The van der Waals surface area contributed by atoms with E-state index in [1.54, 1.807) is 0 Å². The van der Waals surface area contributed by atoms with E-state index >= 15 is 0 Å². The molecule has 0 bridgehead atoms. The molecule has 0 amide bonds. The van der Waals surface area contributed by atoms with Crippen LogP contribution in [0.15, 0.2) is 22.7 Å². The van der Waals surface area contributed by atoms with Crippen LogP contribution in [-0.2, 0) is 9.31 Å². The smallest absolute Gasteiger partial charge is 0.399 e. The first-order valence-corrected chi connectivity index (χ1v) is 6.32. The minimum atomic E-state index is -0.521. The van der Waals surface area contributed by atoms with Crippen molar-refractivity contribution in [1.29, 1.82) is 0 Å². The van der Waals surface area contributed by atoms with Gasteiger partial charge in [-0.05, 0) is 51.4 Å². The minimum absolute atomic E-state index is 0.302. The van der Waals surface area contributed by atoms with Crippen LogP contribution in [0.1, 0.15) is 27.7 Å². The van der Waals surface area contributed by atoms with Crippen LogP contribution in [0.3, 0.4) is 0 Å². The molecule has 0 atom stereocenters. The summed E-state index contributed by atoms with van der Waals surface area (Å²) in [6, 6.07) is 4.66. The summed E-state index contributed by atoms with van der Waals surface area (Å²) in [5.41, 5.74) is -0.122. The van der Waals surface area contributed by atoms with Crippen LogP contribution in [0, 0.1) is 5.82 Å². The summed E-state index contributed by atoms with van der Waals surface area (Å²) in [6.45, 7) is 7.89. The Labute approximate surface area is 110 Å². The molecule has 0 radical (unpaired) electrons. The molecule has 0 spiro atoms. The third-order valence-corrected chi connectivity index (χ3v) is 3.87. The van der Waals surface area contributed by atoms with Crippen LogP contribution >= 0.6 is 15.9 Å². The van der Waals surface area contributed by atoms with Gasteiger partial charge in [0.05, 0.1) is 11.2 Å². The van der Waals surface area contributed by atoms with E-state index in [2.05, 4.69) is 15.9 Å². The second kappa shape index (κ2) is 4.07. The molecule has 2 rings (SSSR count). The molecule has 92 valence electrons. The largest absolute Gasteiger partial charge is 0.494 e. The molecule has 17 heavy (non-hydrogen) atoms. The summed E-state index contributed by atoms with van der Waals surface area (Å²) in [4.78, 5) is 0. The summed E-state index contributed by atoms with van der Waals surface area (Å²) in [5.74, 6) is -0.302. The van der Waals surface area contributed by atoms with Crippen LogP contribution in [0.5, 0.6) is 0 Å². The molecule has 0 N–H and O–H groups in total. The van der Waals surface area contributed by atoms with Crippen molar-refractivity contribution in [3.8, 4) is 0 Å². The lowest BCUT2D eigenvalue weighted by Crippen LogP contribution is -2.41. The zero-order valence-electron chi connectivity index (χ0n) is 10.4. The summed E-state index contributed by atoms with van der Waals surface area (Å²) >= 11 is 3.27. The molecule has 2 nitrogen and oxygen atoms in total. The van der Waals surface area contributed by atoms with Crippen LogP contribution in [0.2, 0.25) is 0 Å². The van der Waals surface area contributed by atoms with E-state index in [0.717, 1.165) is 0 Å². The zero-order chi connectivity index (χ0) is 12.8. The molecule has 0 saturated carbocycles. The number of hydrogen-bond donors (Lipinski definition) is 0. The minimum Gasteiger partial charge on any atom is -0.399 e. The second-order valence-corrected chi connectivity index (χ2v) is 6.21. The first-order chi connectivity index (χ1) is 7.71. The third-order valence-electron chi connectivity index (χ3n) is 3.41. The zero-order valence-corrected chi connectivity index (χ0v) is 12.0. The molecule has 0 aromatic heterocycles. The molecule has 0 unspecified atom stereocenters. The monoisotopic (exact) mass is 300 g/mol. The highest BCUT2D eigenvalue weighted by atomic mass is 79.9. The Morgan fingerprint density at radius 3 is 2.06 bits per heavy atom. The van der Waals surface area contributed by atoms with Crippen molar-refractivity contribution in [2.75, 3.05) is 0 Å². The maximum Gasteiger partial charge on any atom is 0.494 e. The van der Waals surface area contributed by atoms with E-state index in [9.17, 15) is 4.39 Å². The Kier molecular flexibility index (Phi) is 3.13. The first-order valence-electron chi connectivity index (χ1n) is 5.53. The predicted octanol–water partition coefficient (Wildman–Crippen LogP) is 2.89. The van der Waals surface area contributed by atoms with Crippen molar-refractivity contribution in [3.63, 3.8) is 0 Å². The Balaban J connectivity index is 2.32. The summed E-state index contributed by atoms with van der Waals surface area (Å²) in [6.07, 6.45) is 0. The maximum absolute atomic E-state index is 13.3. The van der Waals surface area contributed by atoms with E-state index < -0.39 is 18.3 Å². The van der Waals surface area contributed by atoms with Crippen LogP contribution in [0.25, 0.3) is 0 Å². The Hall–Kier alpha value is -0.385. The van der Waals surface area contributed by atoms with Crippen molar-refractivity contribution in [2.45, 2.75) is 38.9 Å². The number of halogens is 2. The standard InChI is InChI=1S/C12H15BBrFO2/c1-11(2)12(3,4)17-13(16-11)8-5-9(14)7-10(15)6-8/h5-7H,1-4H3. The van der Waals surface area contributed by atoms with Gasteiger partial charge in [-0.2, -0.15) is 0 Å². The van der Waals surface area contributed by atoms with Crippen LogP contribution in [0.4, 0.5) is 4.39 Å². The average molecular weight is 301 g/mol. The molecular formula is C12H15BBrFO2. The van der Waals surface area contributed by atoms with Gasteiger partial charge in [-0.1, -0.05) is 15.9 Å². The quantitative estimate of drug-likeness (QED) is 0.743. The van der Waals surface area contributed by atoms with Gasteiger partial charge >= 0.3 is 7.12 Å². The van der Waals surface area contributed by atoms with Crippen molar-refractivity contribution >= 4 is 28.5 Å².